The van der Waals surface area contributed by atoms with Crippen molar-refractivity contribution in [1.82, 2.24) is 19.7 Å². The monoisotopic (exact) mass is 511 g/mol. The number of halogens is 1. The second-order valence-electron chi connectivity index (χ2n) is 8.22. The number of aliphatic hydroxyl groups is 2. The van der Waals surface area contributed by atoms with E-state index in [1.54, 1.807) is 0 Å². The van der Waals surface area contributed by atoms with E-state index in [0.717, 1.165) is 19.4 Å². The molecule has 1 aliphatic carbocycles. The average molecular weight is 512 g/mol. The molecular weight excluding hydrogens is 489 g/mol. The molecule has 2 aromatic rings. The number of aliphatic hydroxyl groups excluding tert-OH is 2. The molecule has 0 aromatic carbocycles. The predicted octanol–water partition coefficient (Wildman–Crippen LogP) is -0.505. The Balaban J connectivity index is 1.61. The Morgan fingerprint density at radius 3 is 2.59 bits per heavy atom. The zero-order valence-electron chi connectivity index (χ0n) is 16.9. The van der Waals surface area contributed by atoms with E-state index in [1.807, 2.05) is 11.9 Å². The third-order valence-corrected chi connectivity index (χ3v) is 9.28. The van der Waals surface area contributed by atoms with Gasteiger partial charge in [-0.05, 0) is 30.4 Å². The average Bonchev–Trinajstić information content (AvgIpc) is 3.31. The summed E-state index contributed by atoms with van der Waals surface area (Å²) < 4.78 is 42.0. The molecule has 3 heterocycles. The molecule has 1 aliphatic heterocycles. The summed E-state index contributed by atoms with van der Waals surface area (Å²) in [6.07, 6.45) is -2.21. The van der Waals surface area contributed by atoms with E-state index in [4.69, 9.17) is 26.1 Å². The molecule has 1 saturated heterocycles. The number of fused-ring (bicyclic) bond motifs is 1. The molecule has 0 unspecified atom stereocenters. The smallest absolute Gasteiger partial charge is 0.340 e. The molecule has 16 heteroatoms. The molecule has 4 rings (SSSR count). The lowest BCUT2D eigenvalue weighted by Crippen LogP contribution is -2.36. The molecule has 32 heavy (non-hydrogen) atoms. The van der Waals surface area contributed by atoms with E-state index in [0.29, 0.717) is 17.1 Å². The Morgan fingerprint density at radius 2 is 1.97 bits per heavy atom. The minimum Gasteiger partial charge on any atom is -0.387 e. The fourth-order valence-corrected chi connectivity index (χ4v) is 7.17. The number of ether oxygens (including phenoxy) is 1. The van der Waals surface area contributed by atoms with Gasteiger partial charge in [0.05, 0.1) is 17.3 Å². The van der Waals surface area contributed by atoms with E-state index in [2.05, 4.69) is 15.1 Å². The van der Waals surface area contributed by atoms with Crippen molar-refractivity contribution in [3.05, 3.63) is 11.5 Å². The SMILES string of the molecule is CN(CC1CC1)c1nc(Cl)nc2c1cnn2[C@@H]1O[C@H](CS(=O)(=O)CP(=O)(O)O)[C@@H](O)[C@H]1O. The molecule has 4 N–H and O–H groups in total. The molecule has 0 spiro atoms. The van der Waals surface area contributed by atoms with Gasteiger partial charge in [-0.1, -0.05) is 0 Å². The van der Waals surface area contributed by atoms with Crippen molar-refractivity contribution in [2.24, 2.45) is 5.92 Å². The summed E-state index contributed by atoms with van der Waals surface area (Å²) in [5.41, 5.74) is -1.17. The Kier molecular flexibility index (Phi) is 6.27. The highest BCUT2D eigenvalue weighted by Crippen LogP contribution is 2.39. The number of sulfone groups is 1. The van der Waals surface area contributed by atoms with Gasteiger partial charge in [0.25, 0.3) is 0 Å². The van der Waals surface area contributed by atoms with Crippen LogP contribution in [0.4, 0.5) is 5.82 Å². The maximum atomic E-state index is 12.1. The third-order valence-electron chi connectivity index (χ3n) is 5.36. The van der Waals surface area contributed by atoms with Crippen molar-refractivity contribution in [2.45, 2.75) is 37.4 Å². The van der Waals surface area contributed by atoms with Gasteiger partial charge in [0.2, 0.25) is 5.28 Å². The Morgan fingerprint density at radius 1 is 1.28 bits per heavy atom. The topological polar surface area (TPSA) is 188 Å². The van der Waals surface area contributed by atoms with Gasteiger partial charge in [-0.25, -0.2) is 13.1 Å². The van der Waals surface area contributed by atoms with Gasteiger partial charge in [0.15, 0.2) is 27.2 Å². The minimum absolute atomic E-state index is 0.0642. The lowest BCUT2D eigenvalue weighted by Gasteiger charge is -2.19. The summed E-state index contributed by atoms with van der Waals surface area (Å²) in [7, 11) is -7.27. The van der Waals surface area contributed by atoms with Crippen LogP contribution in [-0.2, 0) is 19.1 Å². The van der Waals surface area contributed by atoms with Crippen LogP contribution < -0.4 is 4.90 Å². The van der Waals surface area contributed by atoms with Gasteiger partial charge in [-0.2, -0.15) is 15.1 Å². The van der Waals surface area contributed by atoms with E-state index >= 15 is 0 Å². The van der Waals surface area contributed by atoms with Crippen LogP contribution in [0, 0.1) is 5.92 Å². The first kappa shape index (κ1) is 23.8. The standard InChI is InChI=1S/C16H23ClN5O8PS/c1-21(5-8-2-3-8)13-9-4-18-22(14(9)20-16(17)19-13)15-12(24)11(23)10(30-15)6-32(28,29)7-31(25,26)27/h4,8,10-12,15,23-24H,2-3,5-7H2,1H3,(H2,25,26,27)/t10-,11-,12-,15-/m1/s1. The van der Waals surface area contributed by atoms with Crippen LogP contribution in [0.25, 0.3) is 11.0 Å². The van der Waals surface area contributed by atoms with Gasteiger partial charge >= 0.3 is 7.60 Å². The number of hydrogen-bond donors (Lipinski definition) is 4. The largest absolute Gasteiger partial charge is 0.387 e. The highest BCUT2D eigenvalue weighted by Gasteiger charge is 2.47. The molecule has 4 atom stereocenters. The van der Waals surface area contributed by atoms with Gasteiger partial charge < -0.3 is 29.6 Å². The molecule has 1 saturated carbocycles. The number of aromatic nitrogens is 4. The van der Waals surface area contributed by atoms with Crippen LogP contribution in [0.5, 0.6) is 0 Å². The zero-order chi connectivity index (χ0) is 23.4. The highest BCUT2D eigenvalue weighted by molar-refractivity contribution is 7.97. The van der Waals surface area contributed by atoms with E-state index in [9.17, 15) is 23.2 Å². The van der Waals surface area contributed by atoms with E-state index in [1.165, 1.54) is 10.9 Å². The molecule has 2 fully saturated rings. The highest BCUT2D eigenvalue weighted by atomic mass is 35.5. The molecule has 178 valence electrons. The van der Waals surface area contributed by atoms with Gasteiger partial charge in [-0.3, -0.25) is 4.57 Å². The van der Waals surface area contributed by atoms with Crippen molar-refractivity contribution >= 4 is 45.9 Å². The molecule has 0 radical (unpaired) electrons. The lowest BCUT2D eigenvalue weighted by atomic mass is 10.1. The van der Waals surface area contributed by atoms with Crippen LogP contribution in [-0.4, -0.2) is 91.3 Å². The van der Waals surface area contributed by atoms with Crippen LogP contribution in [0.15, 0.2) is 6.20 Å². The van der Waals surface area contributed by atoms with Crippen molar-refractivity contribution in [3.63, 3.8) is 0 Å². The first-order valence-corrected chi connectivity index (χ1v) is 13.7. The summed E-state index contributed by atoms with van der Waals surface area (Å²) in [4.78, 5) is 28.3. The molecule has 13 nitrogen and oxygen atoms in total. The first-order valence-electron chi connectivity index (χ1n) is 9.73. The fourth-order valence-electron chi connectivity index (χ4n) is 3.76. The maximum absolute atomic E-state index is 12.1. The predicted molar refractivity (Wildman–Crippen MR) is 113 cm³/mol. The number of hydrogen-bond acceptors (Lipinski definition) is 10. The van der Waals surface area contributed by atoms with Crippen molar-refractivity contribution in [1.29, 1.82) is 0 Å². The summed E-state index contributed by atoms with van der Waals surface area (Å²) in [5.74, 6) is 0.216. The van der Waals surface area contributed by atoms with Gasteiger partial charge in [0.1, 0.15) is 24.1 Å². The lowest BCUT2D eigenvalue weighted by molar-refractivity contribution is -0.0364. The first-order chi connectivity index (χ1) is 14.8. The third kappa shape index (κ3) is 5.07. The summed E-state index contributed by atoms with van der Waals surface area (Å²) >= 11 is 6.10. The second-order valence-corrected chi connectivity index (χ2v) is 12.7. The zero-order valence-corrected chi connectivity index (χ0v) is 19.4. The maximum Gasteiger partial charge on any atom is 0.340 e. The number of anilines is 1. The van der Waals surface area contributed by atoms with Crippen molar-refractivity contribution in [2.75, 3.05) is 29.7 Å². The van der Waals surface area contributed by atoms with E-state index < -0.39 is 53.2 Å². The quantitative estimate of drug-likeness (QED) is 0.263. The van der Waals surface area contributed by atoms with Crippen LogP contribution in [0.3, 0.4) is 0 Å². The summed E-state index contributed by atoms with van der Waals surface area (Å²) in [5, 5.41) is 25.5. The fraction of sp³-hybridized carbons (Fsp3) is 0.688. The molecule has 2 aromatic heterocycles. The Hall–Kier alpha value is -1.38. The van der Waals surface area contributed by atoms with Crippen LogP contribution in [0.1, 0.15) is 19.1 Å². The Labute approximate surface area is 188 Å². The van der Waals surface area contributed by atoms with E-state index in [-0.39, 0.29) is 10.9 Å². The van der Waals surface area contributed by atoms with Gasteiger partial charge in [0, 0.05) is 13.6 Å². The molecular formula is C16H23ClN5O8PS. The normalized spacial score (nSPS) is 26.7. The molecule has 0 bridgehead atoms. The van der Waals surface area contributed by atoms with Crippen LogP contribution in [0.2, 0.25) is 5.28 Å². The van der Waals surface area contributed by atoms with Crippen molar-refractivity contribution < 1.29 is 37.7 Å². The van der Waals surface area contributed by atoms with Crippen LogP contribution >= 0.6 is 19.2 Å². The number of nitrogens with zero attached hydrogens (tertiary/aromatic N) is 5. The summed E-state index contributed by atoms with van der Waals surface area (Å²) in [6.45, 7) is 0.772. The van der Waals surface area contributed by atoms with Gasteiger partial charge in [-0.15, -0.1) is 0 Å². The number of rotatable bonds is 8. The molecule has 0 amide bonds. The molecule has 2 aliphatic rings. The summed E-state index contributed by atoms with van der Waals surface area (Å²) in [6, 6.07) is 0. The minimum atomic E-state index is -4.84. The van der Waals surface area contributed by atoms with Crippen molar-refractivity contribution in [3.8, 4) is 0 Å². The Bertz CT molecular complexity index is 1170. The second kappa shape index (κ2) is 8.44.